The van der Waals surface area contributed by atoms with Gasteiger partial charge in [-0.3, -0.25) is 4.98 Å². The van der Waals surface area contributed by atoms with Crippen LogP contribution in [-0.4, -0.2) is 4.98 Å². The Balaban J connectivity index is 2.41. The molecule has 0 spiro atoms. The van der Waals surface area contributed by atoms with Crippen LogP contribution in [0.5, 0.6) is 0 Å². The molecule has 1 aliphatic rings. The minimum Gasteiger partial charge on any atom is -0.306 e. The number of hydrogen-bond donors (Lipinski definition) is 3. The summed E-state index contributed by atoms with van der Waals surface area (Å²) in [5, 5.41) is 0. The van der Waals surface area contributed by atoms with Gasteiger partial charge < -0.3 is 5.43 Å². The van der Waals surface area contributed by atoms with Gasteiger partial charge in [-0.15, -0.1) is 0 Å². The van der Waals surface area contributed by atoms with E-state index in [0.717, 1.165) is 17.9 Å². The Morgan fingerprint density at radius 2 is 2.50 bits per heavy atom. The van der Waals surface area contributed by atoms with Gasteiger partial charge in [0.15, 0.2) is 0 Å². The van der Waals surface area contributed by atoms with Gasteiger partial charge in [0.25, 0.3) is 0 Å². The summed E-state index contributed by atoms with van der Waals surface area (Å²) in [5.74, 6) is 0. The van der Waals surface area contributed by atoms with Crippen molar-refractivity contribution in [2.45, 2.75) is 6.54 Å². The lowest BCUT2D eigenvalue weighted by Crippen LogP contribution is -2.40. The highest BCUT2D eigenvalue weighted by Gasteiger charge is 2.05. The Hall–Kier alpha value is -1.13. The van der Waals surface area contributed by atoms with E-state index in [4.69, 9.17) is 0 Å². The molecule has 2 heterocycles. The lowest BCUT2D eigenvalue weighted by atomic mass is 10.3. The lowest BCUT2D eigenvalue weighted by molar-refractivity contribution is 0.557. The van der Waals surface area contributed by atoms with Crippen molar-refractivity contribution in [3.63, 3.8) is 0 Å². The normalized spacial score (nSPS) is 15.6. The van der Waals surface area contributed by atoms with E-state index in [9.17, 15) is 0 Å². The van der Waals surface area contributed by atoms with Crippen molar-refractivity contribution in [2.24, 2.45) is 0 Å². The first-order chi connectivity index (χ1) is 4.97. The number of nitrogens with one attached hydrogen (secondary N) is 3. The molecule has 1 aromatic heterocycles. The molecule has 2 rings (SSSR count). The molecular formula is C6H8N4. The van der Waals surface area contributed by atoms with E-state index in [-0.39, 0.29) is 0 Å². The van der Waals surface area contributed by atoms with Gasteiger partial charge in [-0.25, -0.2) is 5.43 Å². The van der Waals surface area contributed by atoms with Gasteiger partial charge in [-0.2, -0.15) is 5.53 Å². The van der Waals surface area contributed by atoms with Crippen LogP contribution in [0, 0.1) is 0 Å². The second-order valence-electron chi connectivity index (χ2n) is 2.10. The highest BCUT2D eigenvalue weighted by Crippen LogP contribution is 2.11. The standard InChI is InChI=1S/C6H8N4/c1-2-5-6(7-3-1)4-8-10-9-5/h1-3,8-10H,4H2. The monoisotopic (exact) mass is 136 g/mol. The number of hydrogen-bond acceptors (Lipinski definition) is 4. The van der Waals surface area contributed by atoms with Gasteiger partial charge in [0.05, 0.1) is 17.9 Å². The summed E-state index contributed by atoms with van der Waals surface area (Å²) in [6.07, 6.45) is 1.79. The molecule has 10 heavy (non-hydrogen) atoms. The van der Waals surface area contributed by atoms with Crippen LogP contribution in [-0.2, 0) is 6.54 Å². The molecule has 3 N–H and O–H groups in total. The van der Waals surface area contributed by atoms with E-state index in [1.54, 1.807) is 6.20 Å². The molecule has 0 amide bonds. The number of nitrogens with zero attached hydrogens (tertiary/aromatic N) is 1. The second kappa shape index (κ2) is 2.24. The van der Waals surface area contributed by atoms with Crippen LogP contribution >= 0.6 is 0 Å². The van der Waals surface area contributed by atoms with Crippen molar-refractivity contribution < 1.29 is 0 Å². The van der Waals surface area contributed by atoms with Gasteiger partial charge in [0.2, 0.25) is 0 Å². The SMILES string of the molecule is c1cnc2c(c1)NNNC2. The summed E-state index contributed by atoms with van der Waals surface area (Å²) in [6, 6.07) is 3.88. The summed E-state index contributed by atoms with van der Waals surface area (Å²) in [4.78, 5) is 4.15. The van der Waals surface area contributed by atoms with Crippen LogP contribution in [0.3, 0.4) is 0 Å². The fourth-order valence-corrected chi connectivity index (χ4v) is 0.932. The van der Waals surface area contributed by atoms with Crippen molar-refractivity contribution in [2.75, 3.05) is 5.43 Å². The maximum Gasteiger partial charge on any atom is 0.0800 e. The average Bonchev–Trinajstić information content (AvgIpc) is 2.05. The van der Waals surface area contributed by atoms with Crippen LogP contribution in [0.2, 0.25) is 0 Å². The minimum atomic E-state index is 0.767. The maximum absolute atomic E-state index is 4.15. The van der Waals surface area contributed by atoms with Gasteiger partial charge in [-0.1, -0.05) is 0 Å². The Bertz CT molecular complexity index is 210. The molecule has 0 atom stereocenters. The first kappa shape index (κ1) is 5.64. The van der Waals surface area contributed by atoms with Gasteiger partial charge in [-0.05, 0) is 12.1 Å². The Kier molecular flexibility index (Phi) is 1.26. The highest BCUT2D eigenvalue weighted by atomic mass is 15.6. The molecule has 0 unspecified atom stereocenters. The Morgan fingerprint density at radius 3 is 3.40 bits per heavy atom. The largest absolute Gasteiger partial charge is 0.306 e. The van der Waals surface area contributed by atoms with E-state index in [1.807, 2.05) is 12.1 Å². The number of fused-ring (bicyclic) bond motifs is 1. The zero-order valence-corrected chi connectivity index (χ0v) is 5.39. The molecule has 0 aromatic carbocycles. The van der Waals surface area contributed by atoms with E-state index in [2.05, 4.69) is 21.4 Å². The molecule has 0 aliphatic carbocycles. The average molecular weight is 136 g/mol. The summed E-state index contributed by atoms with van der Waals surface area (Å²) < 4.78 is 0. The van der Waals surface area contributed by atoms with Crippen molar-refractivity contribution in [1.82, 2.24) is 15.9 Å². The summed E-state index contributed by atoms with van der Waals surface area (Å²) in [7, 11) is 0. The zero-order chi connectivity index (χ0) is 6.81. The number of pyridine rings is 1. The summed E-state index contributed by atoms with van der Waals surface area (Å²) in [6.45, 7) is 0.767. The van der Waals surface area contributed by atoms with Crippen LogP contribution in [0.25, 0.3) is 0 Å². The number of anilines is 1. The van der Waals surface area contributed by atoms with Gasteiger partial charge in [0, 0.05) is 6.20 Å². The summed E-state index contributed by atoms with van der Waals surface area (Å²) >= 11 is 0. The van der Waals surface area contributed by atoms with E-state index in [1.165, 1.54) is 0 Å². The molecule has 0 radical (unpaired) electrons. The van der Waals surface area contributed by atoms with Crippen LogP contribution in [0.15, 0.2) is 18.3 Å². The zero-order valence-electron chi connectivity index (χ0n) is 5.39. The van der Waals surface area contributed by atoms with Crippen molar-refractivity contribution in [3.8, 4) is 0 Å². The lowest BCUT2D eigenvalue weighted by Gasteiger charge is -2.17. The molecular weight excluding hydrogens is 128 g/mol. The van der Waals surface area contributed by atoms with Gasteiger partial charge >= 0.3 is 0 Å². The number of rotatable bonds is 0. The quantitative estimate of drug-likeness (QED) is 0.470. The molecule has 4 nitrogen and oxygen atoms in total. The highest BCUT2D eigenvalue weighted by molar-refractivity contribution is 5.47. The maximum atomic E-state index is 4.15. The first-order valence-corrected chi connectivity index (χ1v) is 3.14. The Labute approximate surface area is 58.6 Å². The topological polar surface area (TPSA) is 49.0 Å². The predicted octanol–water partition coefficient (Wildman–Crippen LogP) is 0.0163. The predicted molar refractivity (Wildman–Crippen MR) is 37.8 cm³/mol. The number of hydrazine groups is 2. The molecule has 0 bridgehead atoms. The third kappa shape index (κ3) is 0.832. The molecule has 0 saturated heterocycles. The smallest absolute Gasteiger partial charge is 0.0800 e. The Morgan fingerprint density at radius 1 is 1.50 bits per heavy atom. The molecule has 1 aromatic rings. The van der Waals surface area contributed by atoms with Crippen molar-refractivity contribution >= 4 is 5.69 Å². The fourth-order valence-electron chi connectivity index (χ4n) is 0.932. The van der Waals surface area contributed by atoms with E-state index in [0.29, 0.717) is 0 Å². The molecule has 1 aliphatic heterocycles. The molecule has 52 valence electrons. The van der Waals surface area contributed by atoms with Crippen molar-refractivity contribution in [3.05, 3.63) is 24.0 Å². The van der Waals surface area contributed by atoms with Crippen molar-refractivity contribution in [1.29, 1.82) is 0 Å². The van der Waals surface area contributed by atoms with Crippen LogP contribution < -0.4 is 16.4 Å². The van der Waals surface area contributed by atoms with E-state index >= 15 is 0 Å². The summed E-state index contributed by atoms with van der Waals surface area (Å²) in [5.41, 5.74) is 10.7. The second-order valence-corrected chi connectivity index (χ2v) is 2.10. The first-order valence-electron chi connectivity index (χ1n) is 3.14. The third-order valence-electron chi connectivity index (χ3n) is 1.43. The third-order valence-corrected chi connectivity index (χ3v) is 1.43. The van der Waals surface area contributed by atoms with E-state index < -0.39 is 0 Å². The molecule has 4 heteroatoms. The number of aromatic nitrogens is 1. The fraction of sp³-hybridized carbons (Fsp3) is 0.167. The van der Waals surface area contributed by atoms with Gasteiger partial charge in [0.1, 0.15) is 0 Å². The molecule has 0 fully saturated rings. The van der Waals surface area contributed by atoms with Crippen LogP contribution in [0.1, 0.15) is 5.69 Å². The minimum absolute atomic E-state index is 0.767. The molecule has 0 saturated carbocycles. The van der Waals surface area contributed by atoms with Crippen LogP contribution in [0.4, 0.5) is 5.69 Å².